The van der Waals surface area contributed by atoms with Crippen LogP contribution in [0, 0.1) is 0 Å². The zero-order valence-electron chi connectivity index (χ0n) is 16.4. The zero-order valence-corrected chi connectivity index (χ0v) is 16.4. The van der Waals surface area contributed by atoms with Gasteiger partial charge in [0, 0.05) is 53.2 Å². The number of nitrogens with zero attached hydrogens (tertiary/aromatic N) is 6. The van der Waals surface area contributed by atoms with Crippen LogP contribution in [0.3, 0.4) is 0 Å². The molecule has 0 bridgehead atoms. The quantitative estimate of drug-likeness (QED) is 0.681. The van der Waals surface area contributed by atoms with Gasteiger partial charge < -0.3 is 14.6 Å². The van der Waals surface area contributed by atoms with Gasteiger partial charge in [-0.2, -0.15) is 0 Å². The van der Waals surface area contributed by atoms with E-state index < -0.39 is 17.4 Å². The first-order valence-electron chi connectivity index (χ1n) is 9.59. The number of β-amino-alcohol motifs (C(OH)–C–C–N with tert-alkyl or cyclic N) is 1. The van der Waals surface area contributed by atoms with Crippen LogP contribution >= 0.6 is 0 Å². The molecule has 2 aromatic heterocycles. The largest absolute Gasteiger partial charge is 0.390 e. The predicted octanol–water partition coefficient (Wildman–Crippen LogP) is -1.34. The van der Waals surface area contributed by atoms with E-state index in [1.54, 1.807) is 24.9 Å². The molecular formula is C18H26N6O4. The zero-order chi connectivity index (χ0) is 20.2. The summed E-state index contributed by atoms with van der Waals surface area (Å²) in [6.45, 7) is 4.19. The van der Waals surface area contributed by atoms with Crippen LogP contribution in [-0.4, -0.2) is 77.8 Å². The number of hydrogen-bond donors (Lipinski definition) is 1. The number of aliphatic hydroxyl groups excluding tert-OH is 1. The first-order valence-corrected chi connectivity index (χ1v) is 9.59. The summed E-state index contributed by atoms with van der Waals surface area (Å²) in [5.41, 5.74) is -0.187. The van der Waals surface area contributed by atoms with Gasteiger partial charge in [0.25, 0.3) is 5.56 Å². The van der Waals surface area contributed by atoms with E-state index >= 15 is 0 Å². The van der Waals surface area contributed by atoms with Crippen molar-refractivity contribution in [2.24, 2.45) is 14.1 Å². The fourth-order valence-electron chi connectivity index (χ4n) is 4.56. The fraction of sp³-hybridized carbons (Fsp3) is 0.667. The molecule has 0 unspecified atom stereocenters. The van der Waals surface area contributed by atoms with Gasteiger partial charge in [0.05, 0.1) is 18.5 Å². The van der Waals surface area contributed by atoms with Gasteiger partial charge in [-0.15, -0.1) is 0 Å². The van der Waals surface area contributed by atoms with Crippen LogP contribution in [0.5, 0.6) is 0 Å². The fourth-order valence-corrected chi connectivity index (χ4v) is 4.56. The number of fused-ring (bicyclic) bond motifs is 1. The number of piperidine rings is 1. The minimum Gasteiger partial charge on any atom is -0.390 e. The lowest BCUT2D eigenvalue weighted by molar-refractivity contribution is -0.130. The molecule has 0 radical (unpaired) electrons. The first-order chi connectivity index (χ1) is 13.3. The lowest BCUT2D eigenvalue weighted by Gasteiger charge is -2.36. The predicted molar refractivity (Wildman–Crippen MR) is 102 cm³/mol. The van der Waals surface area contributed by atoms with Gasteiger partial charge >= 0.3 is 5.69 Å². The van der Waals surface area contributed by atoms with Crippen molar-refractivity contribution in [3.8, 4) is 0 Å². The van der Waals surface area contributed by atoms with Crippen molar-refractivity contribution in [2.75, 3.05) is 26.2 Å². The van der Waals surface area contributed by atoms with Gasteiger partial charge in [-0.3, -0.25) is 23.6 Å². The Morgan fingerprint density at radius 3 is 2.46 bits per heavy atom. The molecule has 10 nitrogen and oxygen atoms in total. The third-order valence-corrected chi connectivity index (χ3v) is 6.24. The number of carbonyl (C=O) groups is 1. The second kappa shape index (κ2) is 6.85. The number of carbonyl (C=O) groups excluding carboxylic acids is 1. The lowest BCUT2D eigenvalue weighted by Crippen LogP contribution is -2.45. The maximum Gasteiger partial charge on any atom is 0.332 e. The molecule has 1 N–H and O–H groups in total. The van der Waals surface area contributed by atoms with Crippen LogP contribution in [0.1, 0.15) is 25.8 Å². The molecule has 2 aromatic rings. The second-order valence-corrected chi connectivity index (χ2v) is 7.86. The van der Waals surface area contributed by atoms with E-state index in [0.717, 1.165) is 30.5 Å². The summed E-state index contributed by atoms with van der Waals surface area (Å²) >= 11 is 0. The third kappa shape index (κ3) is 2.87. The van der Waals surface area contributed by atoms with Gasteiger partial charge in [0.15, 0.2) is 5.52 Å². The van der Waals surface area contributed by atoms with Gasteiger partial charge in [-0.1, -0.05) is 0 Å². The highest BCUT2D eigenvalue weighted by molar-refractivity contribution is 5.73. The molecule has 2 saturated heterocycles. The number of aliphatic hydroxyl groups is 1. The minimum absolute atomic E-state index is 0.102. The van der Waals surface area contributed by atoms with E-state index in [1.807, 2.05) is 4.90 Å². The first kappa shape index (κ1) is 18.9. The SMILES string of the molecule is CC(=O)N1CCC(N2C[C@H](O)[C@@H](n3cnc4c(=O)n(C)c(=O)n(C)c43)C2)CC1. The Morgan fingerprint density at radius 2 is 1.82 bits per heavy atom. The van der Waals surface area contributed by atoms with Crippen molar-refractivity contribution in [3.05, 3.63) is 27.2 Å². The Bertz CT molecular complexity index is 1030. The van der Waals surface area contributed by atoms with Crippen LogP contribution < -0.4 is 11.2 Å². The van der Waals surface area contributed by atoms with E-state index in [-0.39, 0.29) is 17.5 Å². The number of hydrogen-bond acceptors (Lipinski definition) is 6. The van der Waals surface area contributed by atoms with Gasteiger partial charge in [-0.05, 0) is 12.8 Å². The van der Waals surface area contributed by atoms with Gasteiger partial charge in [0.1, 0.15) is 5.65 Å². The molecule has 4 heterocycles. The lowest BCUT2D eigenvalue weighted by atomic mass is 10.0. The Kier molecular flexibility index (Phi) is 4.62. The smallest absolute Gasteiger partial charge is 0.332 e. The molecule has 4 rings (SSSR count). The Hall–Kier alpha value is -2.46. The summed E-state index contributed by atoms with van der Waals surface area (Å²) in [6, 6.07) is 0.0234. The minimum atomic E-state index is -0.623. The van der Waals surface area contributed by atoms with Gasteiger partial charge in [0.2, 0.25) is 5.91 Å². The molecule has 10 heteroatoms. The molecule has 2 aliphatic heterocycles. The van der Waals surface area contributed by atoms with Gasteiger partial charge in [-0.25, -0.2) is 9.78 Å². The molecule has 2 fully saturated rings. The summed E-state index contributed by atoms with van der Waals surface area (Å²) in [4.78, 5) is 44.6. The molecule has 1 amide bonds. The van der Waals surface area contributed by atoms with Crippen LogP contribution in [-0.2, 0) is 18.9 Å². The summed E-state index contributed by atoms with van der Waals surface area (Å²) in [5, 5.41) is 10.7. The highest BCUT2D eigenvalue weighted by Crippen LogP contribution is 2.29. The average molecular weight is 390 g/mol. The standard InChI is InChI=1S/C18H26N6O4/c1-11(25)22-6-4-12(5-7-22)23-8-13(14(26)9-23)24-10-19-15-16(24)20(2)18(28)21(3)17(15)27/h10,12-14,26H,4-9H2,1-3H3/t13-,14-/m0/s1. The summed E-state index contributed by atoms with van der Waals surface area (Å²) in [5.74, 6) is 0.102. The number of imidazole rings is 1. The third-order valence-electron chi connectivity index (χ3n) is 6.24. The monoisotopic (exact) mass is 390 g/mol. The average Bonchev–Trinajstić information content (AvgIpc) is 3.28. The van der Waals surface area contributed by atoms with Crippen LogP contribution in [0.4, 0.5) is 0 Å². The molecule has 28 heavy (non-hydrogen) atoms. The Balaban J connectivity index is 1.61. The number of aromatic nitrogens is 4. The molecule has 0 aliphatic carbocycles. The molecule has 2 aliphatic rings. The van der Waals surface area contributed by atoms with Crippen LogP contribution in [0.2, 0.25) is 0 Å². The van der Waals surface area contributed by atoms with E-state index in [4.69, 9.17) is 0 Å². The van der Waals surface area contributed by atoms with Crippen molar-refractivity contribution < 1.29 is 9.90 Å². The van der Waals surface area contributed by atoms with E-state index in [1.165, 1.54) is 11.6 Å². The summed E-state index contributed by atoms with van der Waals surface area (Å²) in [7, 11) is 3.04. The molecular weight excluding hydrogens is 364 g/mol. The summed E-state index contributed by atoms with van der Waals surface area (Å²) in [6.07, 6.45) is 2.68. The molecule has 0 spiro atoms. The van der Waals surface area contributed by atoms with Crippen molar-refractivity contribution >= 4 is 17.1 Å². The molecule has 0 saturated carbocycles. The number of amides is 1. The van der Waals surface area contributed by atoms with Crippen molar-refractivity contribution in [1.29, 1.82) is 0 Å². The van der Waals surface area contributed by atoms with Crippen molar-refractivity contribution in [1.82, 2.24) is 28.5 Å². The van der Waals surface area contributed by atoms with E-state index in [9.17, 15) is 19.5 Å². The number of likely N-dealkylation sites (tertiary alicyclic amines) is 2. The highest BCUT2D eigenvalue weighted by Gasteiger charge is 2.38. The number of rotatable bonds is 2. The normalized spacial score (nSPS) is 24.4. The molecule has 2 atom stereocenters. The second-order valence-electron chi connectivity index (χ2n) is 7.86. The van der Waals surface area contributed by atoms with Crippen molar-refractivity contribution in [3.63, 3.8) is 0 Å². The Labute approximate surface area is 161 Å². The molecule has 0 aromatic carbocycles. The van der Waals surface area contributed by atoms with E-state index in [2.05, 4.69) is 9.88 Å². The summed E-state index contributed by atoms with van der Waals surface area (Å²) < 4.78 is 4.21. The Morgan fingerprint density at radius 1 is 1.14 bits per heavy atom. The number of aryl methyl sites for hydroxylation is 1. The van der Waals surface area contributed by atoms with Crippen LogP contribution in [0.25, 0.3) is 11.2 Å². The van der Waals surface area contributed by atoms with Crippen LogP contribution in [0.15, 0.2) is 15.9 Å². The maximum atomic E-state index is 12.4. The van der Waals surface area contributed by atoms with E-state index in [0.29, 0.717) is 24.8 Å². The molecule has 152 valence electrons. The maximum absolute atomic E-state index is 12.4. The van der Waals surface area contributed by atoms with Crippen molar-refractivity contribution in [2.45, 2.75) is 38.0 Å². The highest BCUT2D eigenvalue weighted by atomic mass is 16.3. The topological polar surface area (TPSA) is 106 Å².